The maximum absolute atomic E-state index is 9.02. The number of nitrogens with zero attached hydrogens (tertiary/aromatic N) is 2. The average molecular weight is 340 g/mol. The van der Waals surface area contributed by atoms with Crippen LogP contribution in [0.25, 0.3) is 0 Å². The van der Waals surface area contributed by atoms with E-state index in [0.29, 0.717) is 23.8 Å². The van der Waals surface area contributed by atoms with Crippen molar-refractivity contribution in [3.8, 4) is 17.2 Å². The number of methoxy groups -OCH3 is 3. The molecule has 1 N–H and O–H groups in total. The van der Waals surface area contributed by atoms with E-state index >= 15 is 0 Å². The molecule has 0 aliphatic carbocycles. The SMILES string of the molecule is COc1cc(OC)c(C(=S)N2CCN(CCO)CC2)cc1OC. The molecule has 23 heavy (non-hydrogen) atoms. The van der Waals surface area contributed by atoms with Gasteiger partial charge >= 0.3 is 0 Å². The largest absolute Gasteiger partial charge is 0.496 e. The quantitative estimate of drug-likeness (QED) is 0.775. The van der Waals surface area contributed by atoms with Crippen molar-refractivity contribution in [1.29, 1.82) is 0 Å². The molecule has 0 unspecified atom stereocenters. The Hall–Kier alpha value is -1.57. The average Bonchev–Trinajstić information content (AvgIpc) is 2.60. The summed E-state index contributed by atoms with van der Waals surface area (Å²) in [5, 5.41) is 9.02. The molecular formula is C16H24N2O4S. The number of ether oxygens (including phenoxy) is 3. The minimum Gasteiger partial charge on any atom is -0.496 e. The zero-order valence-corrected chi connectivity index (χ0v) is 14.7. The van der Waals surface area contributed by atoms with Gasteiger partial charge in [-0.2, -0.15) is 0 Å². The second kappa shape index (κ2) is 8.33. The minimum absolute atomic E-state index is 0.188. The second-order valence-electron chi connectivity index (χ2n) is 5.26. The molecule has 2 rings (SSSR count). The van der Waals surface area contributed by atoms with Gasteiger partial charge in [0.25, 0.3) is 0 Å². The Bertz CT molecular complexity index is 545. The molecule has 1 aliphatic heterocycles. The van der Waals surface area contributed by atoms with Crippen molar-refractivity contribution in [3.05, 3.63) is 17.7 Å². The number of aliphatic hydroxyl groups is 1. The van der Waals surface area contributed by atoms with Gasteiger partial charge in [-0.25, -0.2) is 0 Å². The summed E-state index contributed by atoms with van der Waals surface area (Å²) in [6, 6.07) is 3.66. The third kappa shape index (κ3) is 4.04. The minimum atomic E-state index is 0.188. The first-order valence-corrected chi connectivity index (χ1v) is 7.98. The van der Waals surface area contributed by atoms with Gasteiger partial charge in [-0.1, -0.05) is 12.2 Å². The van der Waals surface area contributed by atoms with Crippen LogP contribution in [0.15, 0.2) is 12.1 Å². The fraction of sp³-hybridized carbons (Fsp3) is 0.562. The van der Waals surface area contributed by atoms with Crippen LogP contribution in [0.1, 0.15) is 5.56 Å². The van der Waals surface area contributed by atoms with Gasteiger partial charge in [-0.15, -0.1) is 0 Å². The van der Waals surface area contributed by atoms with E-state index < -0.39 is 0 Å². The molecule has 0 radical (unpaired) electrons. The first-order chi connectivity index (χ1) is 11.1. The van der Waals surface area contributed by atoms with Gasteiger partial charge in [0.2, 0.25) is 0 Å². The van der Waals surface area contributed by atoms with Crippen LogP contribution in [0.4, 0.5) is 0 Å². The lowest BCUT2D eigenvalue weighted by Gasteiger charge is -2.36. The monoisotopic (exact) mass is 340 g/mol. The van der Waals surface area contributed by atoms with Gasteiger partial charge < -0.3 is 24.2 Å². The van der Waals surface area contributed by atoms with Gasteiger partial charge in [0.05, 0.1) is 33.5 Å². The Morgan fingerprint density at radius 2 is 1.57 bits per heavy atom. The lowest BCUT2D eigenvalue weighted by molar-refractivity contribution is 0.148. The fourth-order valence-electron chi connectivity index (χ4n) is 2.68. The highest BCUT2D eigenvalue weighted by atomic mass is 32.1. The number of hydrogen-bond donors (Lipinski definition) is 1. The van der Waals surface area contributed by atoms with Crippen molar-refractivity contribution in [3.63, 3.8) is 0 Å². The number of hydrogen-bond acceptors (Lipinski definition) is 6. The molecule has 1 aromatic rings. The zero-order valence-electron chi connectivity index (χ0n) is 13.9. The molecule has 0 aromatic heterocycles. The Balaban J connectivity index is 2.19. The van der Waals surface area contributed by atoms with E-state index in [1.165, 1.54) is 0 Å². The highest BCUT2D eigenvalue weighted by Crippen LogP contribution is 2.35. The molecule has 128 valence electrons. The van der Waals surface area contributed by atoms with E-state index in [4.69, 9.17) is 31.5 Å². The van der Waals surface area contributed by atoms with Crippen LogP contribution >= 0.6 is 12.2 Å². The van der Waals surface area contributed by atoms with Crippen molar-refractivity contribution in [2.45, 2.75) is 0 Å². The van der Waals surface area contributed by atoms with Crippen molar-refractivity contribution in [2.24, 2.45) is 0 Å². The number of rotatable bonds is 6. The summed E-state index contributed by atoms with van der Waals surface area (Å²) >= 11 is 5.67. The summed E-state index contributed by atoms with van der Waals surface area (Å²) in [7, 11) is 4.81. The third-order valence-electron chi connectivity index (χ3n) is 4.01. The van der Waals surface area contributed by atoms with Crippen molar-refractivity contribution < 1.29 is 19.3 Å². The molecule has 0 spiro atoms. The second-order valence-corrected chi connectivity index (χ2v) is 5.65. The summed E-state index contributed by atoms with van der Waals surface area (Å²) < 4.78 is 16.1. The summed E-state index contributed by atoms with van der Waals surface area (Å²) in [4.78, 5) is 5.13. The van der Waals surface area contributed by atoms with Crippen LogP contribution in [-0.2, 0) is 0 Å². The number of thiocarbonyl (C=S) groups is 1. The van der Waals surface area contributed by atoms with Crippen LogP contribution in [0.3, 0.4) is 0 Å². The van der Waals surface area contributed by atoms with Gasteiger partial charge in [0.1, 0.15) is 10.7 Å². The molecule has 1 aliphatic rings. The molecule has 7 heteroatoms. The first-order valence-electron chi connectivity index (χ1n) is 7.57. The zero-order chi connectivity index (χ0) is 16.8. The molecule has 1 aromatic carbocycles. The fourth-order valence-corrected chi connectivity index (χ4v) is 3.02. The standard InChI is InChI=1S/C16H24N2O4S/c1-20-13-11-15(22-3)14(21-2)10-12(13)16(23)18-6-4-17(5-7-18)8-9-19/h10-11,19H,4-9H2,1-3H3. The number of piperazine rings is 1. The maximum Gasteiger partial charge on any atom is 0.164 e. The van der Waals surface area contributed by atoms with E-state index in [-0.39, 0.29) is 6.61 Å². The molecule has 0 bridgehead atoms. The topological polar surface area (TPSA) is 54.4 Å². The Morgan fingerprint density at radius 3 is 2.09 bits per heavy atom. The highest BCUT2D eigenvalue weighted by Gasteiger charge is 2.23. The summed E-state index contributed by atoms with van der Waals surface area (Å²) in [5.74, 6) is 1.92. The van der Waals surface area contributed by atoms with Crippen LogP contribution < -0.4 is 14.2 Å². The van der Waals surface area contributed by atoms with Crippen LogP contribution in [0, 0.1) is 0 Å². The van der Waals surface area contributed by atoms with E-state index in [9.17, 15) is 0 Å². The summed E-state index contributed by atoms with van der Waals surface area (Å²) in [6.45, 7) is 4.33. The number of β-amino-alcohol motifs (C(OH)–C–C–N with tert-alkyl or cyclic N) is 1. The van der Waals surface area contributed by atoms with E-state index in [0.717, 1.165) is 36.7 Å². The van der Waals surface area contributed by atoms with Crippen LogP contribution in [0.5, 0.6) is 17.2 Å². The van der Waals surface area contributed by atoms with E-state index in [1.54, 1.807) is 27.4 Å². The predicted molar refractivity (Wildman–Crippen MR) is 92.9 cm³/mol. The summed E-state index contributed by atoms with van der Waals surface area (Å²) in [6.07, 6.45) is 0. The maximum atomic E-state index is 9.02. The number of aliphatic hydroxyl groups excluding tert-OH is 1. The highest BCUT2D eigenvalue weighted by molar-refractivity contribution is 7.80. The molecule has 1 heterocycles. The van der Waals surface area contributed by atoms with Gasteiger partial charge in [0.15, 0.2) is 11.5 Å². The molecular weight excluding hydrogens is 316 g/mol. The Kier molecular flexibility index (Phi) is 6.44. The van der Waals surface area contributed by atoms with Gasteiger partial charge in [-0.3, -0.25) is 4.90 Å². The van der Waals surface area contributed by atoms with Crippen molar-refractivity contribution in [1.82, 2.24) is 9.80 Å². The van der Waals surface area contributed by atoms with Crippen molar-refractivity contribution in [2.75, 3.05) is 60.7 Å². The molecule has 0 atom stereocenters. The Morgan fingerprint density at radius 1 is 1.00 bits per heavy atom. The number of benzene rings is 1. The Labute approximate surface area is 142 Å². The molecule has 1 fully saturated rings. The predicted octanol–water partition coefficient (Wildman–Crippen LogP) is 0.998. The molecule has 1 saturated heterocycles. The van der Waals surface area contributed by atoms with Crippen LogP contribution in [0.2, 0.25) is 0 Å². The van der Waals surface area contributed by atoms with Crippen LogP contribution in [-0.4, -0.2) is 80.6 Å². The molecule has 0 amide bonds. The smallest absolute Gasteiger partial charge is 0.164 e. The molecule has 6 nitrogen and oxygen atoms in total. The van der Waals surface area contributed by atoms with E-state index in [2.05, 4.69) is 9.80 Å². The molecule has 0 saturated carbocycles. The summed E-state index contributed by atoms with van der Waals surface area (Å²) in [5.41, 5.74) is 0.829. The third-order valence-corrected chi connectivity index (χ3v) is 4.49. The van der Waals surface area contributed by atoms with Gasteiger partial charge in [-0.05, 0) is 6.07 Å². The van der Waals surface area contributed by atoms with E-state index in [1.807, 2.05) is 6.07 Å². The lowest BCUT2D eigenvalue weighted by Crippen LogP contribution is -2.49. The van der Waals surface area contributed by atoms with Crippen molar-refractivity contribution >= 4 is 17.2 Å². The normalized spacial score (nSPS) is 15.4. The van der Waals surface area contributed by atoms with Gasteiger partial charge in [0, 0.05) is 38.8 Å². The first kappa shape index (κ1) is 17.8. The lowest BCUT2D eigenvalue weighted by atomic mass is 10.1.